The second kappa shape index (κ2) is 7.61. The summed E-state index contributed by atoms with van der Waals surface area (Å²) in [5.74, 6) is 0. The second-order valence-corrected chi connectivity index (χ2v) is 8.67. The maximum absolute atomic E-state index is 12.2. The molecule has 0 heterocycles. The van der Waals surface area contributed by atoms with Gasteiger partial charge in [-0.3, -0.25) is 0 Å². The molecule has 19 heavy (non-hydrogen) atoms. The van der Waals surface area contributed by atoms with Crippen molar-refractivity contribution >= 4 is 65.1 Å². The minimum Gasteiger partial charge on any atom is -0.210 e. The number of benzene rings is 1. The number of rotatable bonds is 6. The van der Waals surface area contributed by atoms with Crippen LogP contribution in [0.1, 0.15) is 19.8 Å². The Balaban J connectivity index is 2.95. The molecule has 0 aliphatic heterocycles. The first kappa shape index (κ1) is 17.7. The zero-order valence-corrected chi connectivity index (χ0v) is 15.6. The normalized spacial score (nSPS) is 13.5. The van der Waals surface area contributed by atoms with E-state index < -0.39 is 10.0 Å². The van der Waals surface area contributed by atoms with Crippen LogP contribution >= 0.6 is 55.1 Å². The van der Waals surface area contributed by atoms with E-state index in [1.165, 1.54) is 12.1 Å². The third-order valence-electron chi connectivity index (χ3n) is 2.33. The van der Waals surface area contributed by atoms with Crippen LogP contribution in [0.25, 0.3) is 0 Å². The number of hydrogen-bond donors (Lipinski definition) is 1. The largest absolute Gasteiger partial charge is 0.243 e. The summed E-state index contributed by atoms with van der Waals surface area (Å²) in [6.07, 6.45) is 1.85. The first-order valence-electron chi connectivity index (χ1n) is 5.56. The van der Waals surface area contributed by atoms with Crippen molar-refractivity contribution in [1.82, 2.24) is 4.72 Å². The average molecular weight is 454 g/mol. The van der Waals surface area contributed by atoms with Gasteiger partial charge in [0.1, 0.15) is 4.90 Å². The molecule has 1 aromatic carbocycles. The van der Waals surface area contributed by atoms with E-state index in [-0.39, 0.29) is 19.8 Å². The Bertz CT molecular complexity index is 529. The van der Waals surface area contributed by atoms with Gasteiger partial charge in [0.05, 0.1) is 10.0 Å². The molecule has 1 rings (SSSR count). The third-order valence-corrected chi connectivity index (χ3v) is 5.91. The lowest BCUT2D eigenvalue weighted by molar-refractivity contribution is 0.578. The molecule has 0 amide bonds. The van der Waals surface area contributed by atoms with Crippen LogP contribution in [0.3, 0.4) is 0 Å². The predicted molar refractivity (Wildman–Crippen MR) is 87.0 cm³/mol. The van der Waals surface area contributed by atoms with Crippen molar-refractivity contribution in [2.45, 2.75) is 29.5 Å². The van der Waals surface area contributed by atoms with Gasteiger partial charge >= 0.3 is 0 Å². The van der Waals surface area contributed by atoms with Crippen LogP contribution in [0.4, 0.5) is 0 Å². The van der Waals surface area contributed by atoms with E-state index in [0.717, 1.165) is 12.8 Å². The van der Waals surface area contributed by atoms with E-state index >= 15 is 0 Å². The molecule has 1 atom stereocenters. The quantitative estimate of drug-likeness (QED) is 0.640. The molecule has 0 aliphatic carbocycles. The maximum atomic E-state index is 12.2. The van der Waals surface area contributed by atoms with Crippen LogP contribution < -0.4 is 4.72 Å². The molecule has 1 N–H and O–H groups in total. The highest BCUT2D eigenvalue weighted by Gasteiger charge is 2.22. The van der Waals surface area contributed by atoms with Gasteiger partial charge in [-0.2, -0.15) is 0 Å². The van der Waals surface area contributed by atoms with Crippen LogP contribution in [0.5, 0.6) is 0 Å². The lowest BCUT2D eigenvalue weighted by Crippen LogP contribution is -2.30. The molecule has 0 spiro atoms. The Kier molecular flexibility index (Phi) is 7.10. The highest BCUT2D eigenvalue weighted by Crippen LogP contribution is 2.32. The van der Waals surface area contributed by atoms with E-state index in [4.69, 9.17) is 23.2 Å². The third kappa shape index (κ3) is 5.17. The standard InChI is InChI=1S/C11H13Br2Cl2NO2S/c1-2-3-7(12)6-16-19(17,18)11-9(14)4-8(13)5-10(11)15/h4-5,7,16H,2-3,6H2,1H3. The topological polar surface area (TPSA) is 46.2 Å². The van der Waals surface area contributed by atoms with Crippen molar-refractivity contribution in [1.29, 1.82) is 0 Å². The molecule has 8 heteroatoms. The summed E-state index contributed by atoms with van der Waals surface area (Å²) in [5.41, 5.74) is 0. The van der Waals surface area contributed by atoms with Crippen LogP contribution in [0, 0.1) is 0 Å². The average Bonchev–Trinajstić information content (AvgIpc) is 2.25. The summed E-state index contributed by atoms with van der Waals surface area (Å²) in [5, 5.41) is 0.182. The van der Waals surface area contributed by atoms with Crippen LogP contribution in [-0.2, 0) is 10.0 Å². The zero-order chi connectivity index (χ0) is 14.6. The Labute approximate surface area is 140 Å². The smallest absolute Gasteiger partial charge is 0.210 e. The van der Waals surface area contributed by atoms with Gasteiger partial charge in [0, 0.05) is 15.8 Å². The molecular weight excluding hydrogens is 441 g/mol. The molecule has 0 bridgehead atoms. The summed E-state index contributed by atoms with van der Waals surface area (Å²) < 4.78 is 27.5. The number of nitrogens with one attached hydrogen (secondary N) is 1. The van der Waals surface area contributed by atoms with Gasteiger partial charge in [0.25, 0.3) is 0 Å². The molecule has 1 aromatic rings. The summed E-state index contributed by atoms with van der Waals surface area (Å²) >= 11 is 18.5. The number of hydrogen-bond acceptors (Lipinski definition) is 2. The molecule has 0 aromatic heterocycles. The fourth-order valence-corrected chi connectivity index (χ4v) is 5.32. The van der Waals surface area contributed by atoms with Crippen molar-refractivity contribution in [2.75, 3.05) is 6.54 Å². The van der Waals surface area contributed by atoms with E-state index in [1.54, 1.807) is 0 Å². The number of alkyl halides is 1. The summed E-state index contributed by atoms with van der Waals surface area (Å²) in [6, 6.07) is 3.00. The maximum Gasteiger partial charge on any atom is 0.243 e. The van der Waals surface area contributed by atoms with Gasteiger partial charge in [-0.05, 0) is 18.6 Å². The fourth-order valence-electron chi connectivity index (χ4n) is 1.47. The van der Waals surface area contributed by atoms with E-state index in [2.05, 4.69) is 36.6 Å². The summed E-state index contributed by atoms with van der Waals surface area (Å²) in [4.78, 5) is -0.00416. The predicted octanol–water partition coefficient (Wildman–Crippen LogP) is 4.60. The highest BCUT2D eigenvalue weighted by molar-refractivity contribution is 9.10. The van der Waals surface area contributed by atoms with Gasteiger partial charge in [-0.15, -0.1) is 0 Å². The molecule has 108 valence electrons. The van der Waals surface area contributed by atoms with Crippen molar-refractivity contribution < 1.29 is 8.42 Å². The monoisotopic (exact) mass is 451 g/mol. The Morgan fingerprint density at radius 1 is 1.32 bits per heavy atom. The van der Waals surface area contributed by atoms with Crippen LogP contribution in [0.2, 0.25) is 10.0 Å². The van der Waals surface area contributed by atoms with Crippen LogP contribution in [-0.4, -0.2) is 19.8 Å². The van der Waals surface area contributed by atoms with Gasteiger partial charge in [-0.1, -0.05) is 68.4 Å². The number of halogens is 4. The van der Waals surface area contributed by atoms with E-state index in [0.29, 0.717) is 11.0 Å². The minimum atomic E-state index is -3.72. The van der Waals surface area contributed by atoms with Crippen molar-refractivity contribution in [2.24, 2.45) is 0 Å². The van der Waals surface area contributed by atoms with E-state index in [9.17, 15) is 8.42 Å². The van der Waals surface area contributed by atoms with Crippen molar-refractivity contribution in [3.05, 3.63) is 26.7 Å². The van der Waals surface area contributed by atoms with Gasteiger partial charge in [0.15, 0.2) is 0 Å². The Hall–Kier alpha value is 0.670. The lowest BCUT2D eigenvalue weighted by atomic mass is 10.2. The first-order valence-corrected chi connectivity index (χ1v) is 9.51. The van der Waals surface area contributed by atoms with E-state index in [1.807, 2.05) is 6.92 Å². The minimum absolute atomic E-state index is 0.0836. The van der Waals surface area contributed by atoms with Gasteiger partial charge in [-0.25, -0.2) is 13.1 Å². The highest BCUT2D eigenvalue weighted by atomic mass is 79.9. The summed E-state index contributed by atoms with van der Waals surface area (Å²) in [7, 11) is -3.72. The molecule has 1 unspecified atom stereocenters. The molecule has 3 nitrogen and oxygen atoms in total. The molecule has 0 aliphatic rings. The van der Waals surface area contributed by atoms with Crippen LogP contribution in [0.15, 0.2) is 21.5 Å². The Morgan fingerprint density at radius 3 is 2.32 bits per heavy atom. The second-order valence-electron chi connectivity index (χ2n) is 3.94. The Morgan fingerprint density at radius 2 is 1.84 bits per heavy atom. The summed E-state index contributed by atoms with van der Waals surface area (Å²) in [6.45, 7) is 2.32. The molecule has 0 fully saturated rings. The number of sulfonamides is 1. The molecule has 0 radical (unpaired) electrons. The molecule has 0 saturated heterocycles. The fraction of sp³-hybridized carbons (Fsp3) is 0.455. The van der Waals surface area contributed by atoms with Crippen molar-refractivity contribution in [3.63, 3.8) is 0 Å². The lowest BCUT2D eigenvalue weighted by Gasteiger charge is -2.13. The zero-order valence-electron chi connectivity index (χ0n) is 10.1. The van der Waals surface area contributed by atoms with Crippen molar-refractivity contribution in [3.8, 4) is 0 Å². The molecular formula is C11H13Br2Cl2NO2S. The van der Waals surface area contributed by atoms with Gasteiger partial charge < -0.3 is 0 Å². The van der Waals surface area contributed by atoms with Gasteiger partial charge in [0.2, 0.25) is 10.0 Å². The SMILES string of the molecule is CCCC(Br)CNS(=O)(=O)c1c(Cl)cc(Br)cc1Cl. The molecule has 0 saturated carbocycles. The first-order chi connectivity index (χ1) is 8.77.